The summed E-state index contributed by atoms with van der Waals surface area (Å²) in [6.45, 7) is 14.3. The number of fused-ring (bicyclic) bond motifs is 2. The monoisotopic (exact) mass is 439 g/mol. The van der Waals surface area contributed by atoms with Crippen LogP contribution >= 0.6 is 0 Å². The molecule has 0 amide bonds. The minimum Gasteiger partial charge on any atom is -0.301 e. The molecule has 1 nitrogen and oxygen atoms in total. The molecule has 0 aromatic heterocycles. The van der Waals surface area contributed by atoms with E-state index in [2.05, 4.69) is 94.1 Å². The molecule has 174 valence electrons. The fourth-order valence-electron chi connectivity index (χ4n) is 6.42. The lowest BCUT2D eigenvalue weighted by atomic mass is 9.87. The highest BCUT2D eigenvalue weighted by molar-refractivity contribution is 5.87. The maximum Gasteiger partial charge on any atom is 0.00387 e. The zero-order valence-electron chi connectivity index (χ0n) is 21.3. The van der Waals surface area contributed by atoms with Crippen LogP contribution in [0, 0.1) is 5.92 Å². The molecular weight excluding hydrogens is 398 g/mol. The maximum atomic E-state index is 2.65. The summed E-state index contributed by atoms with van der Waals surface area (Å²) >= 11 is 0. The summed E-state index contributed by atoms with van der Waals surface area (Å²) < 4.78 is 0. The molecule has 0 radical (unpaired) electrons. The van der Waals surface area contributed by atoms with Gasteiger partial charge in [-0.15, -0.1) is 0 Å². The Kier molecular flexibility index (Phi) is 6.36. The zero-order valence-corrected chi connectivity index (χ0v) is 21.3. The van der Waals surface area contributed by atoms with Gasteiger partial charge in [-0.25, -0.2) is 0 Å². The van der Waals surface area contributed by atoms with Crippen LogP contribution in [-0.4, -0.2) is 24.0 Å². The van der Waals surface area contributed by atoms with Crippen LogP contribution in [0.15, 0.2) is 54.6 Å². The first-order valence-electron chi connectivity index (χ1n) is 13.3. The Labute approximate surface area is 201 Å². The normalized spacial score (nSPS) is 21.9. The van der Waals surface area contributed by atoms with E-state index < -0.39 is 0 Å². The van der Waals surface area contributed by atoms with Gasteiger partial charge in [0.2, 0.25) is 0 Å². The molecule has 2 aliphatic rings. The molecule has 0 spiro atoms. The summed E-state index contributed by atoms with van der Waals surface area (Å²) in [5.41, 5.74) is 7.75. The fraction of sp³-hybridized carbons (Fsp3) is 0.500. The van der Waals surface area contributed by atoms with Gasteiger partial charge in [-0.3, -0.25) is 0 Å². The predicted molar refractivity (Wildman–Crippen MR) is 142 cm³/mol. The van der Waals surface area contributed by atoms with Crippen molar-refractivity contribution in [1.82, 2.24) is 4.90 Å². The Bertz CT molecular complexity index is 1120. The largest absolute Gasteiger partial charge is 0.301 e. The summed E-state index contributed by atoms with van der Waals surface area (Å²) in [5, 5.41) is 2.82. The van der Waals surface area contributed by atoms with E-state index in [0.29, 0.717) is 23.8 Å². The number of benzene rings is 3. The zero-order chi connectivity index (χ0) is 23.1. The smallest absolute Gasteiger partial charge is 0.00387 e. The van der Waals surface area contributed by atoms with Crippen LogP contribution in [0.3, 0.4) is 0 Å². The standard InChI is InChI=1S/C32H41N/c1-21(2)32-19-30(17-27-8-6-7-9-31(27)32)29-16-26-11-10-25(15-28(26)18-29)23(5)14-24-12-13-33(20-24)22(3)4/h6-11,15,17,19,21-24,29H,12-14,16,18,20H2,1-5H3. The molecule has 3 unspecified atom stereocenters. The lowest BCUT2D eigenvalue weighted by molar-refractivity contribution is 0.261. The summed E-state index contributed by atoms with van der Waals surface area (Å²) in [5.74, 6) is 2.67. The third-order valence-corrected chi connectivity index (χ3v) is 8.48. The molecule has 1 fully saturated rings. The Morgan fingerprint density at radius 3 is 2.42 bits per heavy atom. The van der Waals surface area contributed by atoms with Gasteiger partial charge in [0.15, 0.2) is 0 Å². The van der Waals surface area contributed by atoms with Crippen LogP contribution in [0.5, 0.6) is 0 Å². The van der Waals surface area contributed by atoms with Crippen molar-refractivity contribution >= 4 is 10.8 Å². The van der Waals surface area contributed by atoms with Crippen LogP contribution in [0.2, 0.25) is 0 Å². The summed E-state index contributed by atoms with van der Waals surface area (Å²) in [6, 6.07) is 22.0. The van der Waals surface area contributed by atoms with Crippen molar-refractivity contribution in [3.05, 3.63) is 82.4 Å². The van der Waals surface area contributed by atoms with Crippen molar-refractivity contribution in [3.8, 4) is 0 Å². The molecule has 1 heterocycles. The minimum atomic E-state index is 0.549. The van der Waals surface area contributed by atoms with Crippen molar-refractivity contribution < 1.29 is 0 Å². The molecule has 3 aromatic rings. The van der Waals surface area contributed by atoms with Crippen molar-refractivity contribution in [1.29, 1.82) is 0 Å². The number of likely N-dealkylation sites (tertiary alicyclic amines) is 1. The van der Waals surface area contributed by atoms with Crippen molar-refractivity contribution in [2.45, 2.75) is 84.1 Å². The average molecular weight is 440 g/mol. The molecule has 1 heteroatoms. The number of nitrogens with zero attached hydrogens (tertiary/aromatic N) is 1. The molecule has 1 aliphatic heterocycles. The van der Waals surface area contributed by atoms with E-state index in [1.807, 2.05) is 0 Å². The van der Waals surface area contributed by atoms with Crippen LogP contribution in [0.25, 0.3) is 10.8 Å². The Hall–Kier alpha value is -2.12. The lowest BCUT2D eigenvalue weighted by Gasteiger charge is -2.22. The molecule has 3 atom stereocenters. The minimum absolute atomic E-state index is 0.549. The van der Waals surface area contributed by atoms with Gasteiger partial charge in [-0.2, -0.15) is 0 Å². The molecule has 1 aliphatic carbocycles. The molecular formula is C32H41N. The predicted octanol–water partition coefficient (Wildman–Crippen LogP) is 8.07. The molecule has 1 saturated heterocycles. The Morgan fingerprint density at radius 2 is 1.67 bits per heavy atom. The van der Waals surface area contributed by atoms with E-state index in [-0.39, 0.29) is 0 Å². The average Bonchev–Trinajstić information content (AvgIpc) is 3.44. The summed E-state index contributed by atoms with van der Waals surface area (Å²) in [6.07, 6.45) is 5.08. The fourth-order valence-corrected chi connectivity index (χ4v) is 6.42. The highest BCUT2D eigenvalue weighted by Gasteiger charge is 2.28. The van der Waals surface area contributed by atoms with E-state index in [0.717, 1.165) is 5.92 Å². The molecule has 3 aromatic carbocycles. The first kappa shape index (κ1) is 22.7. The molecule has 0 saturated carbocycles. The Morgan fingerprint density at radius 1 is 0.879 bits per heavy atom. The SMILES string of the molecule is CC(C)c1cc(C2Cc3ccc(C(C)CC4CCN(C(C)C)C4)cc3C2)cc2ccccc12. The van der Waals surface area contributed by atoms with Crippen molar-refractivity contribution in [2.75, 3.05) is 13.1 Å². The summed E-state index contributed by atoms with van der Waals surface area (Å²) in [7, 11) is 0. The van der Waals surface area contributed by atoms with Gasteiger partial charge in [-0.1, -0.05) is 75.4 Å². The van der Waals surface area contributed by atoms with E-state index in [1.54, 1.807) is 16.7 Å². The van der Waals surface area contributed by atoms with E-state index in [1.165, 1.54) is 60.7 Å². The first-order valence-corrected chi connectivity index (χ1v) is 13.3. The van der Waals surface area contributed by atoms with Gasteiger partial charge in [0.25, 0.3) is 0 Å². The van der Waals surface area contributed by atoms with E-state index >= 15 is 0 Å². The quantitative estimate of drug-likeness (QED) is 0.375. The number of hydrogen-bond donors (Lipinski definition) is 0. The van der Waals surface area contributed by atoms with Crippen LogP contribution in [0.1, 0.15) is 93.0 Å². The molecule has 5 rings (SSSR count). The van der Waals surface area contributed by atoms with Crippen LogP contribution in [0.4, 0.5) is 0 Å². The molecule has 33 heavy (non-hydrogen) atoms. The third-order valence-electron chi connectivity index (χ3n) is 8.48. The lowest BCUT2D eigenvalue weighted by Crippen LogP contribution is -2.28. The second kappa shape index (κ2) is 9.26. The third kappa shape index (κ3) is 4.62. The highest BCUT2D eigenvalue weighted by Crippen LogP contribution is 2.39. The topological polar surface area (TPSA) is 3.24 Å². The summed E-state index contributed by atoms with van der Waals surface area (Å²) in [4.78, 5) is 2.65. The number of hydrogen-bond acceptors (Lipinski definition) is 1. The Balaban J connectivity index is 1.33. The van der Waals surface area contributed by atoms with Gasteiger partial charge in [0.1, 0.15) is 0 Å². The van der Waals surface area contributed by atoms with Gasteiger partial charge >= 0.3 is 0 Å². The van der Waals surface area contributed by atoms with Crippen LogP contribution < -0.4 is 0 Å². The molecule has 0 N–H and O–H groups in total. The van der Waals surface area contributed by atoms with E-state index in [4.69, 9.17) is 0 Å². The van der Waals surface area contributed by atoms with Gasteiger partial charge in [-0.05, 0) is 108 Å². The van der Waals surface area contributed by atoms with Gasteiger partial charge in [0, 0.05) is 12.6 Å². The first-order chi connectivity index (χ1) is 15.9. The second-order valence-corrected chi connectivity index (χ2v) is 11.5. The molecule has 0 bridgehead atoms. The second-order valence-electron chi connectivity index (χ2n) is 11.5. The highest BCUT2D eigenvalue weighted by atomic mass is 15.2. The maximum absolute atomic E-state index is 2.65. The van der Waals surface area contributed by atoms with Crippen molar-refractivity contribution in [3.63, 3.8) is 0 Å². The van der Waals surface area contributed by atoms with Gasteiger partial charge < -0.3 is 4.90 Å². The van der Waals surface area contributed by atoms with Crippen molar-refractivity contribution in [2.24, 2.45) is 5.92 Å². The van der Waals surface area contributed by atoms with Gasteiger partial charge in [0.05, 0.1) is 0 Å². The van der Waals surface area contributed by atoms with Crippen LogP contribution in [-0.2, 0) is 12.8 Å². The number of rotatable bonds is 6. The van der Waals surface area contributed by atoms with E-state index in [9.17, 15) is 0 Å².